The number of rotatable bonds is 3. The van der Waals surface area contributed by atoms with Crippen molar-refractivity contribution < 1.29 is 14.6 Å². The Bertz CT molecular complexity index is 385. The molecule has 4 heteroatoms. The molecule has 3 N–H and O–H groups in total. The second-order valence-electron chi connectivity index (χ2n) is 3.73. The Kier molecular flexibility index (Phi) is 2.49. The lowest BCUT2D eigenvalue weighted by atomic mass is 9.96. The molecule has 1 fully saturated rings. The minimum absolute atomic E-state index is 0.188. The summed E-state index contributed by atoms with van der Waals surface area (Å²) in [5.41, 5.74) is 6.28. The molecule has 4 nitrogen and oxygen atoms in total. The van der Waals surface area contributed by atoms with Crippen molar-refractivity contribution in [2.75, 3.05) is 5.73 Å². The Balaban J connectivity index is 2.14. The molecule has 0 radical (unpaired) electrons. The molecule has 0 spiro atoms. The third-order valence-corrected chi connectivity index (χ3v) is 2.60. The highest BCUT2D eigenvalue weighted by Gasteiger charge is 2.20. The summed E-state index contributed by atoms with van der Waals surface area (Å²) < 4.78 is 5.60. The fraction of sp³-hybridized carbons (Fsp3) is 0.364. The van der Waals surface area contributed by atoms with Crippen LogP contribution in [0.25, 0.3) is 0 Å². The van der Waals surface area contributed by atoms with Gasteiger partial charge in [-0.3, -0.25) is 0 Å². The summed E-state index contributed by atoms with van der Waals surface area (Å²) in [6.07, 6.45) is 3.56. The van der Waals surface area contributed by atoms with Crippen LogP contribution in [0.3, 0.4) is 0 Å². The number of nitrogens with two attached hydrogens (primary N) is 1. The molecule has 2 rings (SSSR count). The maximum absolute atomic E-state index is 10.7. The van der Waals surface area contributed by atoms with Crippen LogP contribution in [0.2, 0.25) is 0 Å². The van der Waals surface area contributed by atoms with Crippen molar-refractivity contribution in [3.63, 3.8) is 0 Å². The number of aromatic carboxylic acids is 1. The van der Waals surface area contributed by atoms with Crippen molar-refractivity contribution in [2.24, 2.45) is 0 Å². The first kappa shape index (κ1) is 9.83. The Labute approximate surface area is 87.7 Å². The minimum atomic E-state index is -0.975. The van der Waals surface area contributed by atoms with Gasteiger partial charge in [-0.05, 0) is 37.5 Å². The van der Waals surface area contributed by atoms with Crippen LogP contribution in [-0.2, 0) is 0 Å². The smallest absolute Gasteiger partial charge is 0.335 e. The van der Waals surface area contributed by atoms with Gasteiger partial charge in [0.2, 0.25) is 0 Å². The highest BCUT2D eigenvalue weighted by molar-refractivity contribution is 5.89. The van der Waals surface area contributed by atoms with Crippen LogP contribution in [-0.4, -0.2) is 17.2 Å². The molecule has 1 aliphatic rings. The van der Waals surface area contributed by atoms with Gasteiger partial charge in [0, 0.05) is 0 Å². The molecule has 80 valence electrons. The second-order valence-corrected chi connectivity index (χ2v) is 3.73. The van der Waals surface area contributed by atoms with Crippen LogP contribution in [0.1, 0.15) is 29.6 Å². The number of carboxylic acid groups (broad SMARTS) is 1. The van der Waals surface area contributed by atoms with Gasteiger partial charge in [-0.25, -0.2) is 4.79 Å². The van der Waals surface area contributed by atoms with E-state index >= 15 is 0 Å². The van der Waals surface area contributed by atoms with Crippen molar-refractivity contribution in [3.05, 3.63) is 23.8 Å². The number of carboxylic acids is 1. The van der Waals surface area contributed by atoms with E-state index in [2.05, 4.69) is 0 Å². The van der Waals surface area contributed by atoms with Crippen LogP contribution < -0.4 is 10.5 Å². The van der Waals surface area contributed by atoms with Gasteiger partial charge >= 0.3 is 5.97 Å². The second kappa shape index (κ2) is 3.81. The Morgan fingerprint density at radius 2 is 2.20 bits per heavy atom. The molecule has 0 unspecified atom stereocenters. The Morgan fingerprint density at radius 3 is 2.67 bits per heavy atom. The zero-order chi connectivity index (χ0) is 10.8. The molecular weight excluding hydrogens is 194 g/mol. The third-order valence-electron chi connectivity index (χ3n) is 2.60. The number of ether oxygens (including phenoxy) is 1. The number of benzene rings is 1. The number of nitrogen functional groups attached to an aromatic ring is 1. The summed E-state index contributed by atoms with van der Waals surface area (Å²) in [6, 6.07) is 4.56. The summed E-state index contributed by atoms with van der Waals surface area (Å²) in [6.45, 7) is 0. The summed E-state index contributed by atoms with van der Waals surface area (Å²) in [5, 5.41) is 8.74. The molecule has 0 saturated heterocycles. The van der Waals surface area contributed by atoms with Crippen molar-refractivity contribution >= 4 is 11.7 Å². The average molecular weight is 207 g/mol. The molecular formula is C11H13NO3. The molecule has 1 aliphatic carbocycles. The quantitative estimate of drug-likeness (QED) is 0.742. The van der Waals surface area contributed by atoms with Crippen molar-refractivity contribution in [3.8, 4) is 5.75 Å². The molecule has 1 aromatic rings. The molecule has 0 bridgehead atoms. The molecule has 0 aliphatic heterocycles. The predicted octanol–water partition coefficient (Wildman–Crippen LogP) is 1.90. The number of hydrogen-bond donors (Lipinski definition) is 2. The van der Waals surface area contributed by atoms with Crippen LogP contribution in [0.4, 0.5) is 5.69 Å². The first-order valence-electron chi connectivity index (χ1n) is 4.96. The molecule has 0 amide bonds. The Hall–Kier alpha value is -1.71. The average Bonchev–Trinajstić information content (AvgIpc) is 2.12. The molecule has 0 heterocycles. The van der Waals surface area contributed by atoms with E-state index < -0.39 is 5.97 Å². The number of carbonyl (C=O) groups is 1. The first-order chi connectivity index (χ1) is 7.16. The van der Waals surface area contributed by atoms with Crippen LogP contribution in [0, 0.1) is 0 Å². The van der Waals surface area contributed by atoms with Crippen LogP contribution >= 0.6 is 0 Å². The van der Waals surface area contributed by atoms with Gasteiger partial charge in [-0.1, -0.05) is 0 Å². The molecule has 1 aromatic carbocycles. The lowest BCUT2D eigenvalue weighted by Gasteiger charge is -2.27. The van der Waals surface area contributed by atoms with Gasteiger partial charge < -0.3 is 15.6 Å². The first-order valence-corrected chi connectivity index (χ1v) is 4.96. The zero-order valence-corrected chi connectivity index (χ0v) is 8.27. The largest absolute Gasteiger partial charge is 0.488 e. The van der Waals surface area contributed by atoms with Gasteiger partial charge in [0.1, 0.15) is 5.75 Å². The SMILES string of the molecule is Nc1cc(C(=O)O)ccc1OC1CCC1. The monoisotopic (exact) mass is 207 g/mol. The third kappa shape index (κ3) is 2.03. The van der Waals surface area contributed by atoms with Gasteiger partial charge in [-0.2, -0.15) is 0 Å². The summed E-state index contributed by atoms with van der Waals surface area (Å²) in [4.78, 5) is 10.7. The summed E-state index contributed by atoms with van der Waals surface area (Å²) in [5.74, 6) is -0.387. The van der Waals surface area contributed by atoms with E-state index in [9.17, 15) is 4.79 Å². The lowest BCUT2D eigenvalue weighted by Crippen LogP contribution is -2.25. The van der Waals surface area contributed by atoms with Crippen LogP contribution in [0.5, 0.6) is 5.75 Å². The van der Waals surface area contributed by atoms with E-state index in [0.29, 0.717) is 11.4 Å². The van der Waals surface area contributed by atoms with E-state index in [1.807, 2.05) is 0 Å². The van der Waals surface area contributed by atoms with Gasteiger partial charge in [-0.15, -0.1) is 0 Å². The van der Waals surface area contributed by atoms with Crippen LogP contribution in [0.15, 0.2) is 18.2 Å². The summed E-state index contributed by atoms with van der Waals surface area (Å²) >= 11 is 0. The highest BCUT2D eigenvalue weighted by Crippen LogP contribution is 2.29. The van der Waals surface area contributed by atoms with Gasteiger partial charge in [0.05, 0.1) is 17.4 Å². The van der Waals surface area contributed by atoms with E-state index in [1.54, 1.807) is 6.07 Å². The van der Waals surface area contributed by atoms with Gasteiger partial charge in [0.15, 0.2) is 0 Å². The normalized spacial score (nSPS) is 15.7. The maximum atomic E-state index is 10.7. The fourth-order valence-corrected chi connectivity index (χ4v) is 1.46. The molecule has 0 aromatic heterocycles. The van der Waals surface area contributed by atoms with E-state index in [-0.39, 0.29) is 11.7 Å². The highest BCUT2D eigenvalue weighted by atomic mass is 16.5. The molecule has 1 saturated carbocycles. The summed E-state index contributed by atoms with van der Waals surface area (Å²) in [7, 11) is 0. The van der Waals surface area contributed by atoms with Crippen molar-refractivity contribution in [1.82, 2.24) is 0 Å². The standard InChI is InChI=1S/C11H13NO3/c12-9-6-7(11(13)14)4-5-10(9)15-8-2-1-3-8/h4-6,8H,1-3,12H2,(H,13,14). The zero-order valence-electron chi connectivity index (χ0n) is 8.27. The van der Waals surface area contributed by atoms with Crippen molar-refractivity contribution in [1.29, 1.82) is 0 Å². The van der Waals surface area contributed by atoms with Gasteiger partial charge in [0.25, 0.3) is 0 Å². The predicted molar refractivity (Wildman–Crippen MR) is 56.1 cm³/mol. The minimum Gasteiger partial charge on any atom is -0.488 e. The van der Waals surface area contributed by atoms with Crippen molar-refractivity contribution in [2.45, 2.75) is 25.4 Å². The fourth-order valence-electron chi connectivity index (χ4n) is 1.46. The molecule has 0 atom stereocenters. The molecule has 15 heavy (non-hydrogen) atoms. The Morgan fingerprint density at radius 1 is 1.47 bits per heavy atom. The van der Waals surface area contributed by atoms with E-state index in [1.165, 1.54) is 18.6 Å². The number of hydrogen-bond acceptors (Lipinski definition) is 3. The maximum Gasteiger partial charge on any atom is 0.335 e. The lowest BCUT2D eigenvalue weighted by molar-refractivity contribution is 0.0697. The number of anilines is 1. The van der Waals surface area contributed by atoms with E-state index in [0.717, 1.165) is 12.8 Å². The van der Waals surface area contributed by atoms with E-state index in [4.69, 9.17) is 15.6 Å². The topological polar surface area (TPSA) is 72.6 Å².